The third-order valence-corrected chi connectivity index (χ3v) is 9.87. The number of hydrogen-bond acceptors (Lipinski definition) is 2. The van der Waals surface area contributed by atoms with Crippen LogP contribution in [0.2, 0.25) is 0 Å². The standard InChI is InChI=1S/C44H27N3O/c1-27-9-8-13-31(29-18-20-30(21-19-29)46-37-14-5-3-11-33(37)36-25-28(26-45)17-23-39(36)46)43(27)47-38-15-6-2-10-32(38)34-22-24-41-42(44(34)47)35-12-4-7-16-40(35)48-41/h2-25H,1H3. The van der Waals surface area contributed by atoms with Gasteiger partial charge in [-0.25, -0.2) is 0 Å². The van der Waals surface area contributed by atoms with Crippen LogP contribution in [0, 0.1) is 18.3 Å². The first-order chi connectivity index (χ1) is 23.7. The molecule has 0 saturated carbocycles. The Kier molecular flexibility index (Phi) is 5.53. The van der Waals surface area contributed by atoms with Gasteiger partial charge in [-0.05, 0) is 78.7 Å². The summed E-state index contributed by atoms with van der Waals surface area (Å²) in [7, 11) is 0. The van der Waals surface area contributed by atoms with Crippen LogP contribution in [-0.4, -0.2) is 9.13 Å². The van der Waals surface area contributed by atoms with Crippen molar-refractivity contribution < 1.29 is 4.42 Å². The second-order valence-corrected chi connectivity index (χ2v) is 12.5. The molecule has 0 radical (unpaired) electrons. The van der Waals surface area contributed by atoms with Gasteiger partial charge < -0.3 is 13.6 Å². The molecule has 0 unspecified atom stereocenters. The predicted molar refractivity (Wildman–Crippen MR) is 197 cm³/mol. The Labute approximate surface area is 275 Å². The zero-order valence-electron chi connectivity index (χ0n) is 26.1. The quantitative estimate of drug-likeness (QED) is 0.199. The molecule has 0 aliphatic heterocycles. The molecule has 3 aromatic heterocycles. The Morgan fingerprint density at radius 1 is 0.542 bits per heavy atom. The zero-order valence-corrected chi connectivity index (χ0v) is 26.1. The molecule has 0 spiro atoms. The normalized spacial score (nSPS) is 11.8. The summed E-state index contributed by atoms with van der Waals surface area (Å²) in [5.74, 6) is 0. The first-order valence-corrected chi connectivity index (χ1v) is 16.2. The highest BCUT2D eigenvalue weighted by molar-refractivity contribution is 6.24. The van der Waals surface area contributed by atoms with Crippen molar-refractivity contribution in [1.82, 2.24) is 9.13 Å². The summed E-state index contributed by atoms with van der Waals surface area (Å²) in [4.78, 5) is 0. The molecule has 3 heterocycles. The van der Waals surface area contributed by atoms with Crippen LogP contribution in [0.4, 0.5) is 0 Å². The molecule has 224 valence electrons. The molecule has 0 fully saturated rings. The second-order valence-electron chi connectivity index (χ2n) is 12.5. The smallest absolute Gasteiger partial charge is 0.137 e. The number of nitriles is 1. The summed E-state index contributed by atoms with van der Waals surface area (Å²) in [5, 5.41) is 16.5. The highest BCUT2D eigenvalue weighted by Crippen LogP contribution is 2.43. The monoisotopic (exact) mass is 613 g/mol. The highest BCUT2D eigenvalue weighted by Gasteiger charge is 2.22. The van der Waals surface area contributed by atoms with E-state index < -0.39 is 0 Å². The van der Waals surface area contributed by atoms with Crippen molar-refractivity contribution in [2.75, 3.05) is 0 Å². The Bertz CT molecular complexity index is 2960. The van der Waals surface area contributed by atoms with E-state index in [1.165, 1.54) is 21.9 Å². The number of nitrogens with zero attached hydrogens (tertiary/aromatic N) is 3. The van der Waals surface area contributed by atoms with Crippen molar-refractivity contribution in [2.24, 2.45) is 0 Å². The fourth-order valence-corrected chi connectivity index (χ4v) is 7.80. The fraction of sp³-hybridized carbons (Fsp3) is 0.0227. The number of furan rings is 1. The molecule has 4 nitrogen and oxygen atoms in total. The Morgan fingerprint density at radius 2 is 1.23 bits per heavy atom. The molecule has 4 heteroatoms. The first-order valence-electron chi connectivity index (χ1n) is 16.2. The second kappa shape index (κ2) is 9.96. The van der Waals surface area contributed by atoms with E-state index in [4.69, 9.17) is 4.42 Å². The molecule has 0 amide bonds. The molecule has 0 aliphatic carbocycles. The van der Waals surface area contributed by atoms with Gasteiger partial charge >= 0.3 is 0 Å². The Morgan fingerprint density at radius 3 is 2.02 bits per heavy atom. The van der Waals surface area contributed by atoms with E-state index in [-0.39, 0.29) is 0 Å². The van der Waals surface area contributed by atoms with E-state index in [0.29, 0.717) is 5.56 Å². The van der Waals surface area contributed by atoms with Crippen molar-refractivity contribution >= 4 is 65.6 Å². The van der Waals surface area contributed by atoms with E-state index in [1.54, 1.807) is 0 Å². The number of fused-ring (bicyclic) bond motifs is 10. The van der Waals surface area contributed by atoms with Gasteiger partial charge in [-0.15, -0.1) is 0 Å². The van der Waals surface area contributed by atoms with E-state index in [1.807, 2.05) is 18.2 Å². The van der Waals surface area contributed by atoms with E-state index >= 15 is 0 Å². The minimum Gasteiger partial charge on any atom is -0.456 e. The summed E-state index contributed by atoms with van der Waals surface area (Å²) in [6.07, 6.45) is 0. The molecule has 7 aromatic carbocycles. The van der Waals surface area contributed by atoms with Crippen LogP contribution in [0.1, 0.15) is 11.1 Å². The number of aryl methyl sites for hydroxylation is 1. The maximum Gasteiger partial charge on any atom is 0.137 e. The fourth-order valence-electron chi connectivity index (χ4n) is 7.80. The highest BCUT2D eigenvalue weighted by atomic mass is 16.3. The summed E-state index contributed by atoms with van der Waals surface area (Å²) < 4.78 is 11.1. The lowest BCUT2D eigenvalue weighted by molar-refractivity contribution is 0.669. The van der Waals surface area contributed by atoms with Crippen LogP contribution in [0.15, 0.2) is 150 Å². The number of para-hydroxylation sites is 4. The van der Waals surface area contributed by atoms with Crippen LogP contribution >= 0.6 is 0 Å². The maximum absolute atomic E-state index is 9.58. The van der Waals surface area contributed by atoms with Gasteiger partial charge in [-0.2, -0.15) is 5.26 Å². The third-order valence-electron chi connectivity index (χ3n) is 9.87. The number of rotatable bonds is 3. The lowest BCUT2D eigenvalue weighted by atomic mass is 9.99. The molecule has 48 heavy (non-hydrogen) atoms. The lowest BCUT2D eigenvalue weighted by Crippen LogP contribution is -2.01. The third kappa shape index (κ3) is 3.64. The first kappa shape index (κ1) is 26.6. The van der Waals surface area contributed by atoms with Crippen LogP contribution in [0.3, 0.4) is 0 Å². The SMILES string of the molecule is Cc1cccc(-c2ccc(-n3c4ccccc4c4cc(C#N)ccc43)cc2)c1-n1c2ccccc2c2ccc3oc4ccccc4c3c21. The Balaban J connectivity index is 1.22. The summed E-state index contributed by atoms with van der Waals surface area (Å²) in [6, 6.07) is 53.5. The minimum atomic E-state index is 0.665. The molecule has 0 saturated heterocycles. The van der Waals surface area contributed by atoms with Gasteiger partial charge in [0.1, 0.15) is 11.2 Å². The number of aromatic nitrogens is 2. The summed E-state index contributed by atoms with van der Waals surface area (Å²) in [6.45, 7) is 2.20. The Hall–Kier alpha value is -6.57. The van der Waals surface area contributed by atoms with Gasteiger partial charge in [0.05, 0.1) is 44.8 Å². The van der Waals surface area contributed by atoms with Gasteiger partial charge in [-0.3, -0.25) is 0 Å². The van der Waals surface area contributed by atoms with Crippen molar-refractivity contribution in [3.63, 3.8) is 0 Å². The van der Waals surface area contributed by atoms with E-state index in [2.05, 4.69) is 150 Å². The van der Waals surface area contributed by atoms with Crippen LogP contribution in [0.5, 0.6) is 0 Å². The summed E-state index contributed by atoms with van der Waals surface area (Å²) in [5.41, 5.74) is 12.7. The molecule has 0 aliphatic rings. The topological polar surface area (TPSA) is 46.8 Å². The van der Waals surface area contributed by atoms with E-state index in [0.717, 1.165) is 71.8 Å². The van der Waals surface area contributed by atoms with Crippen molar-refractivity contribution in [1.29, 1.82) is 5.26 Å². The van der Waals surface area contributed by atoms with Gasteiger partial charge in [0.15, 0.2) is 0 Å². The van der Waals surface area contributed by atoms with Crippen LogP contribution < -0.4 is 0 Å². The molecular weight excluding hydrogens is 587 g/mol. The minimum absolute atomic E-state index is 0.665. The zero-order chi connectivity index (χ0) is 31.9. The van der Waals surface area contributed by atoms with E-state index in [9.17, 15) is 5.26 Å². The molecule has 10 aromatic rings. The maximum atomic E-state index is 9.58. The van der Waals surface area contributed by atoms with Crippen molar-refractivity contribution in [3.8, 4) is 28.6 Å². The molecule has 0 N–H and O–H groups in total. The average molecular weight is 614 g/mol. The van der Waals surface area contributed by atoms with Crippen LogP contribution in [0.25, 0.3) is 88.1 Å². The molecule has 10 rings (SSSR count). The van der Waals surface area contributed by atoms with Gasteiger partial charge in [0, 0.05) is 38.2 Å². The lowest BCUT2D eigenvalue weighted by Gasteiger charge is -2.18. The van der Waals surface area contributed by atoms with Crippen molar-refractivity contribution in [2.45, 2.75) is 6.92 Å². The molecular formula is C44H27N3O. The molecule has 0 atom stereocenters. The molecule has 0 bridgehead atoms. The average Bonchev–Trinajstić information content (AvgIpc) is 3.79. The largest absolute Gasteiger partial charge is 0.456 e. The van der Waals surface area contributed by atoms with Crippen molar-refractivity contribution in [3.05, 3.63) is 157 Å². The number of hydrogen-bond donors (Lipinski definition) is 0. The van der Waals surface area contributed by atoms with Gasteiger partial charge in [0.25, 0.3) is 0 Å². The van der Waals surface area contributed by atoms with Crippen LogP contribution in [-0.2, 0) is 0 Å². The predicted octanol–water partition coefficient (Wildman–Crippen LogP) is 11.6. The van der Waals surface area contributed by atoms with Gasteiger partial charge in [-0.1, -0.05) is 84.9 Å². The van der Waals surface area contributed by atoms with Gasteiger partial charge in [0.2, 0.25) is 0 Å². The number of benzene rings is 7. The summed E-state index contributed by atoms with van der Waals surface area (Å²) >= 11 is 0.